The highest BCUT2D eigenvalue weighted by Crippen LogP contribution is 2.22. The molecular formula is C10H15N3O5. The number of imide groups is 1. The van der Waals surface area contributed by atoms with Crippen LogP contribution in [0.4, 0.5) is 9.59 Å². The fourth-order valence-electron chi connectivity index (χ4n) is 1.93. The molecule has 0 spiro atoms. The number of aliphatic hydroxyl groups is 1. The molecule has 0 bridgehead atoms. The van der Waals surface area contributed by atoms with Gasteiger partial charge < -0.3 is 14.6 Å². The van der Waals surface area contributed by atoms with Gasteiger partial charge in [0.05, 0.1) is 38.5 Å². The third-order valence-corrected chi connectivity index (χ3v) is 3.23. The molecule has 3 rings (SSSR count). The molecule has 3 aliphatic heterocycles. The maximum absolute atomic E-state index is 12.2. The largest absolute Gasteiger partial charge is 0.371 e. The van der Waals surface area contributed by atoms with Crippen molar-refractivity contribution in [3.63, 3.8) is 0 Å². The molecule has 3 heterocycles. The predicted octanol–water partition coefficient (Wildman–Crippen LogP) is -1.15. The van der Waals surface area contributed by atoms with Crippen LogP contribution in [0.25, 0.3) is 0 Å². The molecule has 0 aliphatic carbocycles. The highest BCUT2D eigenvalue weighted by atomic mass is 16.6. The van der Waals surface area contributed by atoms with Gasteiger partial charge in [-0.3, -0.25) is 9.80 Å². The zero-order valence-electron chi connectivity index (χ0n) is 9.98. The lowest BCUT2D eigenvalue weighted by Crippen LogP contribution is -2.66. The fourth-order valence-corrected chi connectivity index (χ4v) is 1.93. The Labute approximate surface area is 104 Å². The number of nitrogens with zero attached hydrogens (tertiary/aromatic N) is 3. The smallest absolute Gasteiger partial charge is 0.331 e. The molecule has 8 nitrogen and oxygen atoms in total. The number of rotatable bonds is 4. The van der Waals surface area contributed by atoms with Crippen molar-refractivity contribution >= 4 is 12.1 Å². The number of amides is 4. The van der Waals surface area contributed by atoms with Crippen LogP contribution in [0.1, 0.15) is 0 Å². The number of hydrogen-bond acceptors (Lipinski definition) is 5. The number of epoxide rings is 2. The van der Waals surface area contributed by atoms with Crippen LogP contribution >= 0.6 is 0 Å². The molecular weight excluding hydrogens is 242 g/mol. The van der Waals surface area contributed by atoms with Crippen molar-refractivity contribution in [2.45, 2.75) is 18.6 Å². The number of carbonyl (C=O) groups is 2. The van der Waals surface area contributed by atoms with Gasteiger partial charge >= 0.3 is 12.1 Å². The molecule has 0 aromatic rings. The lowest BCUT2D eigenvalue weighted by molar-refractivity contribution is -0.0849. The molecule has 3 atom stereocenters. The van der Waals surface area contributed by atoms with E-state index >= 15 is 0 Å². The van der Waals surface area contributed by atoms with Crippen molar-refractivity contribution in [1.82, 2.24) is 14.7 Å². The molecule has 1 N–H and O–H groups in total. The van der Waals surface area contributed by atoms with E-state index in [1.54, 1.807) is 0 Å². The minimum Gasteiger partial charge on any atom is -0.371 e. The van der Waals surface area contributed by atoms with E-state index in [4.69, 9.17) is 9.47 Å². The molecule has 0 saturated carbocycles. The molecule has 3 unspecified atom stereocenters. The van der Waals surface area contributed by atoms with Gasteiger partial charge in [0.1, 0.15) is 0 Å². The maximum Gasteiger partial charge on any atom is 0.331 e. The van der Waals surface area contributed by atoms with Crippen molar-refractivity contribution in [3.05, 3.63) is 0 Å². The van der Waals surface area contributed by atoms with Gasteiger partial charge in [-0.25, -0.2) is 14.5 Å². The Balaban J connectivity index is 1.75. The monoisotopic (exact) mass is 257 g/mol. The zero-order chi connectivity index (χ0) is 12.9. The zero-order valence-corrected chi connectivity index (χ0v) is 9.98. The van der Waals surface area contributed by atoms with Crippen LogP contribution in [-0.2, 0) is 9.47 Å². The van der Waals surface area contributed by atoms with Crippen LogP contribution in [0, 0.1) is 0 Å². The van der Waals surface area contributed by atoms with Crippen molar-refractivity contribution in [2.24, 2.45) is 0 Å². The van der Waals surface area contributed by atoms with E-state index in [9.17, 15) is 14.7 Å². The van der Waals surface area contributed by atoms with Gasteiger partial charge in [0.15, 0.2) is 0 Å². The molecule has 0 aromatic heterocycles. The van der Waals surface area contributed by atoms with E-state index in [1.807, 2.05) is 0 Å². The second-order valence-electron chi connectivity index (χ2n) is 4.70. The Morgan fingerprint density at radius 2 is 1.72 bits per heavy atom. The Hall–Kier alpha value is -1.38. The summed E-state index contributed by atoms with van der Waals surface area (Å²) in [7, 11) is 1.46. The highest BCUT2D eigenvalue weighted by molar-refractivity contribution is 5.95. The van der Waals surface area contributed by atoms with Gasteiger partial charge in [0.25, 0.3) is 0 Å². The molecule has 0 aromatic carbocycles. The van der Waals surface area contributed by atoms with Gasteiger partial charge in [0, 0.05) is 7.05 Å². The average molecular weight is 257 g/mol. The van der Waals surface area contributed by atoms with Gasteiger partial charge in [-0.05, 0) is 0 Å². The van der Waals surface area contributed by atoms with Crippen LogP contribution in [0.3, 0.4) is 0 Å². The first-order chi connectivity index (χ1) is 8.58. The van der Waals surface area contributed by atoms with E-state index in [-0.39, 0.29) is 18.8 Å². The van der Waals surface area contributed by atoms with Gasteiger partial charge in [0.2, 0.25) is 6.35 Å². The Morgan fingerprint density at radius 1 is 1.17 bits per heavy atom. The molecule has 3 fully saturated rings. The first kappa shape index (κ1) is 11.7. The predicted molar refractivity (Wildman–Crippen MR) is 57.5 cm³/mol. The Bertz CT molecular complexity index is 382. The Kier molecular flexibility index (Phi) is 2.65. The van der Waals surface area contributed by atoms with Crippen LogP contribution < -0.4 is 0 Å². The van der Waals surface area contributed by atoms with Crippen molar-refractivity contribution in [1.29, 1.82) is 0 Å². The summed E-state index contributed by atoms with van der Waals surface area (Å²) in [5.41, 5.74) is 0. The topological polar surface area (TPSA) is 89.2 Å². The summed E-state index contributed by atoms with van der Waals surface area (Å²) in [6.07, 6.45) is -1.34. The van der Waals surface area contributed by atoms with E-state index in [2.05, 4.69) is 0 Å². The SMILES string of the molecule is CN1C(=O)N(CC2CO2)C(=O)N(CC2CO2)C1O. The number of hydrogen-bond donors (Lipinski definition) is 1. The van der Waals surface area contributed by atoms with Gasteiger partial charge in [-0.1, -0.05) is 0 Å². The first-order valence-electron chi connectivity index (χ1n) is 5.84. The summed E-state index contributed by atoms with van der Waals surface area (Å²) in [6, 6.07) is -0.993. The van der Waals surface area contributed by atoms with Crippen LogP contribution in [0.15, 0.2) is 0 Å². The van der Waals surface area contributed by atoms with E-state index in [0.717, 1.165) is 9.80 Å². The highest BCUT2D eigenvalue weighted by Gasteiger charge is 2.45. The normalized spacial score (nSPS) is 35.2. The van der Waals surface area contributed by atoms with Gasteiger partial charge in [-0.2, -0.15) is 0 Å². The summed E-state index contributed by atoms with van der Waals surface area (Å²) >= 11 is 0. The van der Waals surface area contributed by atoms with Crippen LogP contribution in [0.2, 0.25) is 0 Å². The average Bonchev–Trinajstić information content (AvgIpc) is 3.22. The van der Waals surface area contributed by atoms with E-state index in [0.29, 0.717) is 19.8 Å². The summed E-state index contributed by atoms with van der Waals surface area (Å²) in [6.45, 7) is 1.67. The van der Waals surface area contributed by atoms with Crippen molar-refractivity contribution < 1.29 is 24.2 Å². The summed E-state index contributed by atoms with van der Waals surface area (Å²) in [5.74, 6) is 0. The number of carbonyl (C=O) groups excluding carboxylic acids is 2. The summed E-state index contributed by atoms with van der Waals surface area (Å²) < 4.78 is 10.1. The second kappa shape index (κ2) is 4.08. The quantitative estimate of drug-likeness (QED) is 0.642. The van der Waals surface area contributed by atoms with Crippen LogP contribution in [-0.4, -0.2) is 83.8 Å². The van der Waals surface area contributed by atoms with E-state index in [1.165, 1.54) is 11.9 Å². The third kappa shape index (κ3) is 2.02. The first-order valence-corrected chi connectivity index (χ1v) is 5.84. The number of aliphatic hydroxyl groups excluding tert-OH is 1. The molecule has 8 heteroatoms. The third-order valence-electron chi connectivity index (χ3n) is 3.23. The number of urea groups is 2. The van der Waals surface area contributed by atoms with E-state index < -0.39 is 18.4 Å². The number of ether oxygens (including phenoxy) is 2. The molecule has 3 saturated heterocycles. The summed E-state index contributed by atoms with van der Waals surface area (Å²) in [5, 5.41) is 9.92. The van der Waals surface area contributed by atoms with Gasteiger partial charge in [-0.15, -0.1) is 0 Å². The molecule has 100 valence electrons. The fraction of sp³-hybridized carbons (Fsp3) is 0.800. The molecule has 3 aliphatic rings. The lowest BCUT2D eigenvalue weighted by Gasteiger charge is -2.42. The maximum atomic E-state index is 12.2. The second-order valence-corrected chi connectivity index (χ2v) is 4.70. The lowest BCUT2D eigenvalue weighted by atomic mass is 10.3. The molecule has 0 radical (unpaired) electrons. The van der Waals surface area contributed by atoms with Crippen LogP contribution in [0.5, 0.6) is 0 Å². The minimum atomic E-state index is -1.23. The minimum absolute atomic E-state index is 0.0378. The summed E-state index contributed by atoms with van der Waals surface area (Å²) in [4.78, 5) is 27.5. The standard InChI is InChI=1S/C10H15N3O5/c1-11-8(14)12(2-6-4-17-6)10(16)13(9(11)15)3-7-5-18-7/h6-8,14H,2-5H2,1H3. The molecule has 18 heavy (non-hydrogen) atoms. The Morgan fingerprint density at radius 3 is 2.28 bits per heavy atom. The molecule has 4 amide bonds. The van der Waals surface area contributed by atoms with Crippen molar-refractivity contribution in [2.75, 3.05) is 33.4 Å². The van der Waals surface area contributed by atoms with Crippen molar-refractivity contribution in [3.8, 4) is 0 Å².